The zero-order chi connectivity index (χ0) is 18.1. The van der Waals surface area contributed by atoms with E-state index in [4.69, 9.17) is 14.2 Å². The fourth-order valence-electron chi connectivity index (χ4n) is 5.13. The Bertz CT molecular complexity index is 652. The Morgan fingerprint density at radius 1 is 1.40 bits per heavy atom. The molecule has 4 aliphatic rings. The van der Waals surface area contributed by atoms with Crippen LogP contribution in [-0.4, -0.2) is 35.9 Å². The summed E-state index contributed by atoms with van der Waals surface area (Å²) >= 11 is 0. The molecule has 5 heteroatoms. The van der Waals surface area contributed by atoms with E-state index in [0.29, 0.717) is 6.42 Å². The molecule has 0 aromatic carbocycles. The fourth-order valence-corrected chi connectivity index (χ4v) is 5.13. The highest BCUT2D eigenvalue weighted by Gasteiger charge is 2.70. The summed E-state index contributed by atoms with van der Waals surface area (Å²) in [5, 5.41) is 0. The Balaban J connectivity index is 1.69. The van der Waals surface area contributed by atoms with Crippen molar-refractivity contribution in [3.05, 3.63) is 11.1 Å². The highest BCUT2D eigenvalue weighted by molar-refractivity contribution is 5.76. The SMILES string of the molecule is CC[C@@H](C)C(=O)O[C@H]1CC(C)=C2C[C@H]3O[C@@]3(C)[C@@H]2[C@H]2OC(=O)[C@@H](C)[C@@H]21. The standard InChI is InChI=1S/C20H28O5/c1-6-9(2)18(21)23-13-7-10(3)12-8-14-20(5,25-14)16(12)17-15(13)11(4)19(22)24-17/h9,11,13-17H,6-8H2,1-5H3/t9-,11+,13+,14-,15-,16+,17+,20-/m1/s1. The van der Waals surface area contributed by atoms with Crippen molar-refractivity contribution in [3.63, 3.8) is 0 Å². The largest absolute Gasteiger partial charge is 0.461 e. The Morgan fingerprint density at radius 2 is 2.12 bits per heavy atom. The van der Waals surface area contributed by atoms with Crippen molar-refractivity contribution in [2.24, 2.45) is 23.7 Å². The summed E-state index contributed by atoms with van der Waals surface area (Å²) in [5.74, 6) is -0.730. The number of carbonyl (C=O) groups excluding carboxylic acids is 2. The van der Waals surface area contributed by atoms with Crippen LogP contribution in [0.3, 0.4) is 0 Å². The minimum Gasteiger partial charge on any atom is -0.461 e. The van der Waals surface area contributed by atoms with Gasteiger partial charge < -0.3 is 14.2 Å². The third-order valence-electron chi connectivity index (χ3n) is 7.05. The van der Waals surface area contributed by atoms with Gasteiger partial charge >= 0.3 is 11.9 Å². The molecule has 3 fully saturated rings. The highest BCUT2D eigenvalue weighted by Crippen LogP contribution is 2.62. The van der Waals surface area contributed by atoms with Crippen molar-refractivity contribution >= 4 is 11.9 Å². The molecule has 2 aliphatic heterocycles. The minimum atomic E-state index is -0.299. The molecule has 0 amide bonds. The third kappa shape index (κ3) is 2.38. The first-order valence-electron chi connectivity index (χ1n) is 9.55. The lowest BCUT2D eigenvalue weighted by atomic mass is 9.78. The zero-order valence-corrected chi connectivity index (χ0v) is 15.7. The average Bonchev–Trinajstić information content (AvgIpc) is 3.03. The van der Waals surface area contributed by atoms with Crippen LogP contribution < -0.4 is 0 Å². The predicted octanol–water partition coefficient (Wildman–Crippen LogP) is 3.02. The molecular formula is C20H28O5. The first-order chi connectivity index (χ1) is 11.8. The summed E-state index contributed by atoms with van der Waals surface area (Å²) in [5.41, 5.74) is 2.42. The molecule has 0 radical (unpaired) electrons. The molecule has 0 aromatic heterocycles. The van der Waals surface area contributed by atoms with Gasteiger partial charge in [-0.25, -0.2) is 0 Å². The Labute approximate surface area is 149 Å². The number of ether oxygens (including phenoxy) is 3. The molecule has 138 valence electrons. The molecule has 2 heterocycles. The summed E-state index contributed by atoms with van der Waals surface area (Å²) in [6, 6.07) is 0. The molecule has 25 heavy (non-hydrogen) atoms. The van der Waals surface area contributed by atoms with E-state index in [1.54, 1.807) is 0 Å². The van der Waals surface area contributed by atoms with E-state index < -0.39 is 0 Å². The second kappa shape index (κ2) is 5.57. The molecule has 0 unspecified atom stereocenters. The fraction of sp³-hybridized carbons (Fsp3) is 0.800. The van der Waals surface area contributed by atoms with Crippen LogP contribution >= 0.6 is 0 Å². The van der Waals surface area contributed by atoms with Gasteiger partial charge in [-0.15, -0.1) is 0 Å². The first-order valence-corrected chi connectivity index (χ1v) is 9.55. The molecule has 2 saturated heterocycles. The van der Waals surface area contributed by atoms with Crippen molar-refractivity contribution in [3.8, 4) is 0 Å². The van der Waals surface area contributed by atoms with Gasteiger partial charge in [0.05, 0.1) is 17.9 Å². The summed E-state index contributed by atoms with van der Waals surface area (Å²) in [7, 11) is 0. The summed E-state index contributed by atoms with van der Waals surface area (Å²) < 4.78 is 17.7. The van der Waals surface area contributed by atoms with Gasteiger partial charge in [0.1, 0.15) is 17.8 Å². The lowest BCUT2D eigenvalue weighted by Crippen LogP contribution is -2.41. The van der Waals surface area contributed by atoms with Crippen LogP contribution in [0.15, 0.2) is 11.1 Å². The monoisotopic (exact) mass is 348 g/mol. The summed E-state index contributed by atoms with van der Waals surface area (Å²) in [6.07, 6.45) is 2.06. The lowest BCUT2D eigenvalue weighted by molar-refractivity contribution is -0.158. The van der Waals surface area contributed by atoms with Crippen molar-refractivity contribution < 1.29 is 23.8 Å². The van der Waals surface area contributed by atoms with Crippen LogP contribution in [0.2, 0.25) is 0 Å². The predicted molar refractivity (Wildman–Crippen MR) is 90.6 cm³/mol. The van der Waals surface area contributed by atoms with E-state index in [2.05, 4.69) is 13.8 Å². The molecular weight excluding hydrogens is 320 g/mol. The minimum absolute atomic E-state index is 0.0993. The normalized spacial score (nSPS) is 45.9. The molecule has 0 spiro atoms. The quantitative estimate of drug-likeness (QED) is 0.446. The molecule has 0 aromatic rings. The molecule has 0 N–H and O–H groups in total. The molecule has 1 saturated carbocycles. The van der Waals surface area contributed by atoms with Gasteiger partial charge in [-0.05, 0) is 26.7 Å². The molecule has 0 bridgehead atoms. The van der Waals surface area contributed by atoms with E-state index in [1.165, 1.54) is 11.1 Å². The molecule has 5 nitrogen and oxygen atoms in total. The number of carbonyl (C=O) groups is 2. The van der Waals surface area contributed by atoms with E-state index in [-0.39, 0.29) is 59.5 Å². The number of epoxide rings is 1. The average molecular weight is 348 g/mol. The summed E-state index contributed by atoms with van der Waals surface area (Å²) in [6.45, 7) is 10.0. The van der Waals surface area contributed by atoms with Gasteiger partial charge in [0.25, 0.3) is 0 Å². The zero-order valence-electron chi connectivity index (χ0n) is 15.7. The maximum absolute atomic E-state index is 12.4. The lowest BCUT2D eigenvalue weighted by Gasteiger charge is -2.31. The first kappa shape index (κ1) is 17.1. The number of fused-ring (bicyclic) bond motifs is 5. The third-order valence-corrected chi connectivity index (χ3v) is 7.05. The highest BCUT2D eigenvalue weighted by atomic mass is 16.6. The van der Waals surface area contributed by atoms with Gasteiger partial charge in [0.15, 0.2) is 0 Å². The van der Waals surface area contributed by atoms with Crippen LogP contribution in [0.1, 0.15) is 53.9 Å². The van der Waals surface area contributed by atoms with Gasteiger partial charge in [0.2, 0.25) is 0 Å². The van der Waals surface area contributed by atoms with E-state index in [1.807, 2.05) is 20.8 Å². The molecule has 2 aliphatic carbocycles. The van der Waals surface area contributed by atoms with Crippen molar-refractivity contribution in [2.45, 2.75) is 77.8 Å². The van der Waals surface area contributed by atoms with Crippen LogP contribution in [0.4, 0.5) is 0 Å². The van der Waals surface area contributed by atoms with Gasteiger partial charge in [-0.3, -0.25) is 9.59 Å². The topological polar surface area (TPSA) is 65.1 Å². The van der Waals surface area contributed by atoms with Crippen molar-refractivity contribution in [2.75, 3.05) is 0 Å². The van der Waals surface area contributed by atoms with Crippen LogP contribution in [0, 0.1) is 23.7 Å². The number of rotatable bonds is 3. The summed E-state index contributed by atoms with van der Waals surface area (Å²) in [4.78, 5) is 24.8. The van der Waals surface area contributed by atoms with E-state index in [9.17, 15) is 9.59 Å². The van der Waals surface area contributed by atoms with Gasteiger partial charge in [-0.1, -0.05) is 31.9 Å². The maximum atomic E-state index is 12.4. The Morgan fingerprint density at radius 3 is 2.80 bits per heavy atom. The van der Waals surface area contributed by atoms with Crippen LogP contribution in [0.25, 0.3) is 0 Å². The van der Waals surface area contributed by atoms with E-state index >= 15 is 0 Å². The number of hydrogen-bond acceptors (Lipinski definition) is 5. The van der Waals surface area contributed by atoms with Gasteiger partial charge in [0, 0.05) is 18.3 Å². The van der Waals surface area contributed by atoms with Crippen molar-refractivity contribution in [1.82, 2.24) is 0 Å². The Kier molecular flexibility index (Phi) is 3.80. The maximum Gasteiger partial charge on any atom is 0.309 e. The van der Waals surface area contributed by atoms with E-state index in [0.717, 1.165) is 12.8 Å². The number of hydrogen-bond donors (Lipinski definition) is 0. The second-order valence-electron chi connectivity index (χ2n) is 8.53. The van der Waals surface area contributed by atoms with Gasteiger partial charge in [-0.2, -0.15) is 0 Å². The Hall–Kier alpha value is -1.36. The number of esters is 2. The van der Waals surface area contributed by atoms with Crippen LogP contribution in [0.5, 0.6) is 0 Å². The second-order valence-corrected chi connectivity index (χ2v) is 8.53. The van der Waals surface area contributed by atoms with Crippen molar-refractivity contribution in [1.29, 1.82) is 0 Å². The smallest absolute Gasteiger partial charge is 0.309 e. The molecule has 4 rings (SSSR count). The van der Waals surface area contributed by atoms with Crippen LogP contribution in [-0.2, 0) is 23.8 Å². The molecule has 8 atom stereocenters.